The number of hydrogen-bond donors (Lipinski definition) is 1. The van der Waals surface area contributed by atoms with Gasteiger partial charge in [0.25, 0.3) is 0 Å². The summed E-state index contributed by atoms with van der Waals surface area (Å²) in [5.41, 5.74) is 0.187. The predicted octanol–water partition coefficient (Wildman–Crippen LogP) is 6.56. The van der Waals surface area contributed by atoms with Crippen molar-refractivity contribution in [1.82, 2.24) is 0 Å². The molecule has 0 aliphatic carbocycles. The fourth-order valence-corrected chi connectivity index (χ4v) is 4.08. The van der Waals surface area contributed by atoms with Gasteiger partial charge in [-0.25, -0.2) is 4.79 Å². The summed E-state index contributed by atoms with van der Waals surface area (Å²) in [4.78, 5) is 26.7. The van der Waals surface area contributed by atoms with Gasteiger partial charge in [-0.1, -0.05) is 66.7 Å². The fraction of sp³-hybridized carbons (Fsp3) is 0.143. The summed E-state index contributed by atoms with van der Waals surface area (Å²) >= 11 is 0. The van der Waals surface area contributed by atoms with Gasteiger partial charge in [-0.15, -0.1) is 0 Å². The Bertz CT molecular complexity index is 1390. The fourth-order valence-electron chi connectivity index (χ4n) is 4.08. The van der Waals surface area contributed by atoms with E-state index in [9.17, 15) is 27.9 Å². The number of alkyl halides is 3. The largest absolute Gasteiger partial charge is 0.506 e. The number of rotatable bonds is 6. The van der Waals surface area contributed by atoms with Crippen LogP contribution in [0.3, 0.4) is 0 Å². The minimum absolute atomic E-state index is 0.0345. The summed E-state index contributed by atoms with van der Waals surface area (Å²) in [6, 6.07) is 19.5. The highest BCUT2D eigenvalue weighted by Crippen LogP contribution is 2.39. The highest BCUT2D eigenvalue weighted by atomic mass is 19.4. The number of phenols is 1. The topological polar surface area (TPSA) is 63.6 Å². The number of aromatic hydroxyl groups is 1. The number of fused-ring (bicyclic) bond motifs is 1. The van der Waals surface area contributed by atoms with Crippen molar-refractivity contribution < 1.29 is 32.6 Å². The molecule has 0 saturated heterocycles. The van der Waals surface area contributed by atoms with Crippen LogP contribution < -0.4 is 0 Å². The summed E-state index contributed by atoms with van der Waals surface area (Å²) < 4.78 is 44.3. The molecule has 0 aliphatic rings. The Morgan fingerprint density at radius 3 is 2.03 bits per heavy atom. The molecule has 0 atom stereocenters. The Morgan fingerprint density at radius 2 is 1.43 bits per heavy atom. The Kier molecular flexibility index (Phi) is 6.60. The van der Waals surface area contributed by atoms with Crippen LogP contribution in [0.5, 0.6) is 5.75 Å². The summed E-state index contributed by atoms with van der Waals surface area (Å²) in [6.07, 6.45) is -4.57. The molecule has 0 bridgehead atoms. The molecule has 4 nitrogen and oxygen atoms in total. The number of carbonyl (C=O) groups excluding carboxylic acids is 2. The van der Waals surface area contributed by atoms with Gasteiger partial charge in [-0.2, -0.15) is 13.2 Å². The smallest absolute Gasteiger partial charge is 0.416 e. The van der Waals surface area contributed by atoms with Gasteiger partial charge < -0.3 is 9.84 Å². The zero-order chi connectivity index (χ0) is 25.2. The average molecular weight is 478 g/mol. The van der Waals surface area contributed by atoms with E-state index < -0.39 is 17.7 Å². The van der Waals surface area contributed by atoms with E-state index in [1.54, 1.807) is 61.5 Å². The molecule has 178 valence electrons. The first-order valence-electron chi connectivity index (χ1n) is 10.9. The van der Waals surface area contributed by atoms with Crippen LogP contribution in [-0.2, 0) is 17.3 Å². The van der Waals surface area contributed by atoms with Crippen LogP contribution in [0, 0.1) is 0 Å². The SMILES string of the molecule is CCOC(=O)c1c(Cc2ccc(C(F)(F)F)cc2)c(C(=O)c2ccccc2)c2ccccc2c1O. The van der Waals surface area contributed by atoms with E-state index >= 15 is 0 Å². The molecule has 0 saturated carbocycles. The molecule has 0 heterocycles. The number of phenolic OH excluding ortho intramolecular Hbond substituents is 1. The second kappa shape index (κ2) is 9.62. The van der Waals surface area contributed by atoms with Gasteiger partial charge in [0.1, 0.15) is 11.3 Å². The van der Waals surface area contributed by atoms with Crippen LogP contribution in [0.4, 0.5) is 13.2 Å². The van der Waals surface area contributed by atoms with Crippen molar-refractivity contribution in [3.8, 4) is 5.75 Å². The summed E-state index contributed by atoms with van der Waals surface area (Å²) in [7, 11) is 0. The number of halogens is 3. The molecule has 0 unspecified atom stereocenters. The number of esters is 1. The lowest BCUT2D eigenvalue weighted by Gasteiger charge is -2.19. The molecule has 0 amide bonds. The number of ketones is 1. The van der Waals surface area contributed by atoms with E-state index in [2.05, 4.69) is 0 Å². The Hall–Kier alpha value is -4.13. The molecule has 4 aromatic rings. The van der Waals surface area contributed by atoms with Gasteiger partial charge in [0, 0.05) is 16.5 Å². The molecule has 1 N–H and O–H groups in total. The molecule has 0 radical (unpaired) electrons. The maximum absolute atomic E-state index is 13.7. The third-order valence-corrected chi connectivity index (χ3v) is 5.70. The van der Waals surface area contributed by atoms with Crippen LogP contribution in [0.25, 0.3) is 10.8 Å². The van der Waals surface area contributed by atoms with Gasteiger partial charge in [0.15, 0.2) is 5.78 Å². The minimum atomic E-state index is -4.50. The maximum Gasteiger partial charge on any atom is 0.416 e. The van der Waals surface area contributed by atoms with Crippen molar-refractivity contribution in [3.05, 3.63) is 112 Å². The molecule has 0 aliphatic heterocycles. The van der Waals surface area contributed by atoms with Crippen molar-refractivity contribution in [2.45, 2.75) is 19.5 Å². The van der Waals surface area contributed by atoms with Gasteiger partial charge in [-0.05, 0) is 42.0 Å². The Labute approximate surface area is 199 Å². The van der Waals surface area contributed by atoms with E-state index in [1.807, 2.05) is 0 Å². The molecule has 35 heavy (non-hydrogen) atoms. The van der Waals surface area contributed by atoms with E-state index in [0.29, 0.717) is 21.9 Å². The first-order valence-corrected chi connectivity index (χ1v) is 10.9. The quantitative estimate of drug-likeness (QED) is 0.252. The van der Waals surface area contributed by atoms with E-state index in [-0.39, 0.29) is 41.3 Å². The predicted molar refractivity (Wildman–Crippen MR) is 126 cm³/mol. The van der Waals surface area contributed by atoms with Crippen LogP contribution in [-0.4, -0.2) is 23.5 Å². The Balaban J connectivity index is 1.99. The van der Waals surface area contributed by atoms with Crippen LogP contribution in [0.15, 0.2) is 78.9 Å². The molecule has 0 spiro atoms. The first-order chi connectivity index (χ1) is 16.7. The summed E-state index contributed by atoms with van der Waals surface area (Å²) in [5, 5.41) is 11.8. The summed E-state index contributed by atoms with van der Waals surface area (Å²) in [6.45, 7) is 1.65. The highest BCUT2D eigenvalue weighted by molar-refractivity contribution is 6.20. The van der Waals surface area contributed by atoms with Crippen molar-refractivity contribution in [3.63, 3.8) is 0 Å². The number of hydrogen-bond acceptors (Lipinski definition) is 4. The average Bonchev–Trinajstić information content (AvgIpc) is 2.84. The molecule has 4 aromatic carbocycles. The molecular weight excluding hydrogens is 457 g/mol. The summed E-state index contributed by atoms with van der Waals surface area (Å²) in [5.74, 6) is -1.54. The van der Waals surface area contributed by atoms with Crippen molar-refractivity contribution >= 4 is 22.5 Å². The molecule has 4 rings (SSSR count). The van der Waals surface area contributed by atoms with E-state index in [4.69, 9.17) is 4.74 Å². The second-order valence-electron chi connectivity index (χ2n) is 7.91. The third kappa shape index (κ3) is 4.75. The maximum atomic E-state index is 13.7. The van der Waals surface area contributed by atoms with E-state index in [1.165, 1.54) is 12.1 Å². The third-order valence-electron chi connectivity index (χ3n) is 5.70. The van der Waals surface area contributed by atoms with Crippen LogP contribution in [0.2, 0.25) is 0 Å². The highest BCUT2D eigenvalue weighted by Gasteiger charge is 2.31. The van der Waals surface area contributed by atoms with Gasteiger partial charge in [0.2, 0.25) is 0 Å². The van der Waals surface area contributed by atoms with E-state index in [0.717, 1.165) is 12.1 Å². The number of benzene rings is 4. The molecule has 7 heteroatoms. The van der Waals surface area contributed by atoms with Gasteiger partial charge in [-0.3, -0.25) is 4.79 Å². The first kappa shape index (κ1) is 24.0. The Morgan fingerprint density at radius 1 is 0.829 bits per heavy atom. The van der Waals surface area contributed by atoms with Crippen molar-refractivity contribution in [2.75, 3.05) is 6.61 Å². The molecular formula is C28H21F3O4. The monoisotopic (exact) mass is 478 g/mol. The van der Waals surface area contributed by atoms with Crippen molar-refractivity contribution in [2.24, 2.45) is 0 Å². The van der Waals surface area contributed by atoms with Crippen molar-refractivity contribution in [1.29, 1.82) is 0 Å². The normalized spacial score (nSPS) is 11.4. The van der Waals surface area contributed by atoms with Gasteiger partial charge in [0.05, 0.1) is 12.2 Å². The zero-order valence-corrected chi connectivity index (χ0v) is 18.7. The lowest BCUT2D eigenvalue weighted by molar-refractivity contribution is -0.137. The second-order valence-corrected chi connectivity index (χ2v) is 7.91. The lowest BCUT2D eigenvalue weighted by Crippen LogP contribution is -2.15. The molecule has 0 aromatic heterocycles. The zero-order valence-electron chi connectivity index (χ0n) is 18.7. The standard InChI is InChI=1S/C28H21F3O4/c1-2-35-27(34)24-22(16-17-12-14-19(15-13-17)28(29,30)31)23(25(32)18-8-4-3-5-9-18)20-10-6-7-11-21(20)26(24)33/h3-15,33H,2,16H2,1H3. The number of ether oxygens (including phenoxy) is 1. The van der Waals surface area contributed by atoms with Crippen LogP contribution >= 0.6 is 0 Å². The molecule has 0 fully saturated rings. The van der Waals surface area contributed by atoms with Crippen LogP contribution in [0.1, 0.15) is 49.9 Å². The minimum Gasteiger partial charge on any atom is -0.506 e. The van der Waals surface area contributed by atoms with Gasteiger partial charge >= 0.3 is 12.1 Å². The lowest BCUT2D eigenvalue weighted by atomic mass is 9.85. The number of carbonyl (C=O) groups is 2.